The first kappa shape index (κ1) is 58.5. The van der Waals surface area contributed by atoms with Crippen LogP contribution in [0.3, 0.4) is 0 Å². The minimum Gasteiger partial charge on any atom is -0.548 e. The number of halogens is 1. The molecule has 0 aromatic heterocycles. The summed E-state index contributed by atoms with van der Waals surface area (Å²) in [6, 6.07) is 11.4. The Hall–Kier alpha value is -6.78. The summed E-state index contributed by atoms with van der Waals surface area (Å²) in [6.07, 6.45) is 1.57. The molecule has 0 aliphatic rings. The third-order valence-electron chi connectivity index (χ3n) is 11.2. The van der Waals surface area contributed by atoms with E-state index in [0.29, 0.717) is 22.0 Å². The van der Waals surface area contributed by atoms with Crippen molar-refractivity contribution >= 4 is 63.3 Å². The van der Waals surface area contributed by atoms with Gasteiger partial charge >= 0.3 is 0 Å². The van der Waals surface area contributed by atoms with Crippen molar-refractivity contribution in [2.45, 2.75) is 101 Å². The number of carboxylic acids is 1. The molecule has 0 spiro atoms. The zero-order chi connectivity index (χ0) is 52.8. The van der Waals surface area contributed by atoms with Crippen LogP contribution in [0.5, 0.6) is 11.5 Å². The fraction of sp³-hybridized carbons (Fsp3) is 0.469. The van der Waals surface area contributed by atoms with E-state index in [1.807, 2.05) is 45.4 Å². The van der Waals surface area contributed by atoms with Crippen molar-refractivity contribution < 1.29 is 53.4 Å². The Labute approximate surface area is 422 Å². The SMILES string of the molecule is CC(C)C(NC(=O)C(Cc1ccc(O)cc1)NC(=O)CNC(=O)C(Cc1ccc(O)cc1)NC(=O)C(CCCN=C(N)N)NC(=O)C(CCCC[N+](C)(C)C)NC(=O)C(N)Cc1ccc(Br)cc1)C(=O)[O-]. The van der Waals surface area contributed by atoms with Crippen LogP contribution in [0.1, 0.15) is 62.6 Å². The van der Waals surface area contributed by atoms with Gasteiger partial charge in [0.15, 0.2) is 5.96 Å². The van der Waals surface area contributed by atoms with Crippen LogP contribution in [0.15, 0.2) is 82.3 Å². The fourth-order valence-corrected chi connectivity index (χ4v) is 7.47. The van der Waals surface area contributed by atoms with Gasteiger partial charge in [0, 0.05) is 23.9 Å². The van der Waals surface area contributed by atoms with Gasteiger partial charge in [-0.2, -0.15) is 0 Å². The number of nitrogens with zero attached hydrogens (tertiary/aromatic N) is 2. The first-order valence-corrected chi connectivity index (χ1v) is 24.1. The molecule has 71 heavy (non-hydrogen) atoms. The molecule has 0 saturated carbocycles. The van der Waals surface area contributed by atoms with Crippen LogP contribution in [-0.4, -0.2) is 139 Å². The number of carbonyl (C=O) groups is 7. The van der Waals surface area contributed by atoms with Gasteiger partial charge in [0.05, 0.1) is 52.3 Å². The third-order valence-corrected chi connectivity index (χ3v) is 11.7. The molecule has 3 rings (SSSR count). The van der Waals surface area contributed by atoms with Gasteiger partial charge in [-0.25, -0.2) is 0 Å². The van der Waals surface area contributed by atoms with Gasteiger partial charge in [0.1, 0.15) is 35.7 Å². The summed E-state index contributed by atoms with van der Waals surface area (Å²) in [7, 11) is 6.10. The van der Waals surface area contributed by atoms with E-state index in [1.54, 1.807) is 13.8 Å². The maximum atomic E-state index is 14.3. The zero-order valence-electron chi connectivity index (χ0n) is 40.9. The number of hydrogen-bond donors (Lipinski definition) is 11. The lowest BCUT2D eigenvalue weighted by atomic mass is 10.0. The van der Waals surface area contributed by atoms with Crippen molar-refractivity contribution in [3.05, 3.63) is 94.0 Å². The second-order valence-electron chi connectivity index (χ2n) is 18.7. The number of unbranched alkanes of at least 4 members (excludes halogenated alkanes) is 1. The molecule has 0 saturated heterocycles. The summed E-state index contributed by atoms with van der Waals surface area (Å²) < 4.78 is 1.53. The third kappa shape index (κ3) is 22.2. The van der Waals surface area contributed by atoms with E-state index < -0.39 is 90.1 Å². The first-order valence-electron chi connectivity index (χ1n) is 23.3. The molecule has 3 aromatic rings. The topological polar surface area (TPSA) is 346 Å². The molecule has 6 atom stereocenters. The number of carbonyl (C=O) groups excluding carboxylic acids is 7. The molecule has 0 aliphatic carbocycles. The van der Waals surface area contributed by atoms with E-state index in [9.17, 15) is 48.9 Å². The maximum Gasteiger partial charge on any atom is 0.243 e. The molecule has 6 unspecified atom stereocenters. The van der Waals surface area contributed by atoms with E-state index >= 15 is 0 Å². The van der Waals surface area contributed by atoms with Gasteiger partial charge in [-0.05, 0) is 97.5 Å². The molecular formula is C49H70BrN11O10. The highest BCUT2D eigenvalue weighted by molar-refractivity contribution is 9.10. The number of phenolic OH excluding ortho intramolecular Hbond substituents is 2. The smallest absolute Gasteiger partial charge is 0.243 e. The first-order chi connectivity index (χ1) is 33.4. The van der Waals surface area contributed by atoms with Crippen LogP contribution >= 0.6 is 15.9 Å². The number of amides is 6. The minimum absolute atomic E-state index is 0.0182. The number of nitrogens with one attached hydrogen (secondary N) is 6. The number of quaternary nitrogens is 1. The van der Waals surface area contributed by atoms with E-state index in [4.69, 9.17) is 17.2 Å². The van der Waals surface area contributed by atoms with Crippen LogP contribution in [0.2, 0.25) is 0 Å². The number of nitrogens with two attached hydrogens (primary N) is 3. The van der Waals surface area contributed by atoms with Crippen molar-refractivity contribution in [2.75, 3.05) is 40.8 Å². The zero-order valence-corrected chi connectivity index (χ0v) is 42.5. The maximum absolute atomic E-state index is 14.3. The van der Waals surface area contributed by atoms with Gasteiger partial charge in [0.2, 0.25) is 35.4 Å². The Morgan fingerprint density at radius 1 is 0.620 bits per heavy atom. The fourth-order valence-electron chi connectivity index (χ4n) is 7.21. The second-order valence-corrected chi connectivity index (χ2v) is 19.6. The number of guanidine groups is 1. The van der Waals surface area contributed by atoms with E-state index in [0.717, 1.165) is 23.0 Å². The Bertz CT molecular complexity index is 2270. The normalized spacial score (nSPS) is 13.8. The summed E-state index contributed by atoms with van der Waals surface area (Å²) >= 11 is 3.39. The predicted molar refractivity (Wildman–Crippen MR) is 269 cm³/mol. The molecule has 0 aliphatic heterocycles. The summed E-state index contributed by atoms with van der Waals surface area (Å²) in [5, 5.41) is 47.2. The van der Waals surface area contributed by atoms with Crippen LogP contribution in [0, 0.1) is 5.92 Å². The number of rotatable bonds is 29. The molecule has 21 nitrogen and oxygen atoms in total. The van der Waals surface area contributed by atoms with E-state index in [1.165, 1.54) is 48.5 Å². The number of aliphatic carboxylic acids is 1. The molecule has 22 heteroatoms. The quantitative estimate of drug-likeness (QED) is 0.0174. The average Bonchev–Trinajstić information content (AvgIpc) is 3.30. The molecule has 0 bridgehead atoms. The van der Waals surface area contributed by atoms with Crippen molar-refractivity contribution in [2.24, 2.45) is 28.1 Å². The summed E-state index contributed by atoms with van der Waals surface area (Å²) in [4.78, 5) is 98.7. The van der Waals surface area contributed by atoms with Crippen molar-refractivity contribution in [3.63, 3.8) is 0 Å². The number of phenols is 2. The summed E-state index contributed by atoms with van der Waals surface area (Å²) in [6.45, 7) is 3.30. The highest BCUT2D eigenvalue weighted by Gasteiger charge is 2.32. The van der Waals surface area contributed by atoms with E-state index in [2.05, 4.69) is 52.8 Å². The summed E-state index contributed by atoms with van der Waals surface area (Å²) in [5.41, 5.74) is 19.2. The number of carboxylic acid groups (broad SMARTS) is 1. The lowest BCUT2D eigenvalue weighted by molar-refractivity contribution is -0.870. The van der Waals surface area contributed by atoms with Crippen molar-refractivity contribution in [1.82, 2.24) is 31.9 Å². The Morgan fingerprint density at radius 2 is 1.07 bits per heavy atom. The van der Waals surface area contributed by atoms with Crippen LogP contribution in [0.4, 0.5) is 0 Å². The average molecular weight is 1050 g/mol. The monoisotopic (exact) mass is 1050 g/mol. The number of aliphatic imine (C=N–C) groups is 1. The summed E-state index contributed by atoms with van der Waals surface area (Å²) in [5.74, 6) is -6.98. The standard InChI is InChI=1S/C49H70BrN11O10/c1-29(2)42(48(70)71)60-47(69)40(27-32-15-21-35(63)22-16-32)56-41(64)28-55-44(66)39(26-31-13-19-34(62)20-14-31)59-46(68)38(10-8-23-54-49(52)53)58-45(67)37(9-6-7-24-61(3,4)5)57-43(65)36(51)25-30-11-17-33(50)18-12-30/h11-22,29,36-40,42H,6-10,23-28,51H2,1-5H3,(H12-,52,53,54,55,56,57,58,59,60,62,63,64,65,66,67,68,69,70,71). The lowest BCUT2D eigenvalue weighted by Gasteiger charge is -2.27. The molecule has 388 valence electrons. The largest absolute Gasteiger partial charge is 0.548 e. The predicted octanol–water partition coefficient (Wildman–Crippen LogP) is -0.908. The molecule has 0 fully saturated rings. The molecular weight excluding hydrogens is 983 g/mol. The van der Waals surface area contributed by atoms with E-state index in [-0.39, 0.29) is 62.5 Å². The van der Waals surface area contributed by atoms with Crippen LogP contribution < -0.4 is 54.2 Å². The lowest BCUT2D eigenvalue weighted by Crippen LogP contribution is -2.59. The van der Waals surface area contributed by atoms with Gasteiger partial charge < -0.3 is 73.7 Å². The van der Waals surface area contributed by atoms with Gasteiger partial charge in [0.25, 0.3) is 0 Å². The van der Waals surface area contributed by atoms with Gasteiger partial charge in [-0.3, -0.25) is 33.8 Å². The molecule has 3 aromatic carbocycles. The minimum atomic E-state index is -1.53. The number of benzene rings is 3. The second kappa shape index (κ2) is 28.8. The van der Waals surface area contributed by atoms with Crippen molar-refractivity contribution in [1.29, 1.82) is 0 Å². The van der Waals surface area contributed by atoms with Crippen LogP contribution in [0.25, 0.3) is 0 Å². The van der Waals surface area contributed by atoms with Crippen LogP contribution in [-0.2, 0) is 52.8 Å². The van der Waals surface area contributed by atoms with Gasteiger partial charge in [-0.15, -0.1) is 0 Å². The molecule has 14 N–H and O–H groups in total. The number of hydrogen-bond acceptors (Lipinski definition) is 12. The Balaban J connectivity index is 1.88. The van der Waals surface area contributed by atoms with Gasteiger partial charge in [-0.1, -0.05) is 66.2 Å². The number of aromatic hydroxyl groups is 2. The Kier molecular flexibility index (Phi) is 23.7. The highest BCUT2D eigenvalue weighted by atomic mass is 79.9. The molecule has 0 radical (unpaired) electrons. The molecule has 0 heterocycles. The molecule has 6 amide bonds. The van der Waals surface area contributed by atoms with Crippen molar-refractivity contribution in [3.8, 4) is 11.5 Å². The highest BCUT2D eigenvalue weighted by Crippen LogP contribution is 2.16. The Morgan fingerprint density at radius 3 is 1.56 bits per heavy atom.